The third-order valence-electron chi connectivity index (χ3n) is 3.67. The molecular weight excluding hydrogens is 276 g/mol. The van der Waals surface area contributed by atoms with Gasteiger partial charge in [0.25, 0.3) is 0 Å². The van der Waals surface area contributed by atoms with Crippen LogP contribution in [0.2, 0.25) is 0 Å². The average Bonchev–Trinajstić information content (AvgIpc) is 2.92. The number of rotatable bonds is 5. The quantitative estimate of drug-likeness (QED) is 0.874. The van der Waals surface area contributed by atoms with Crippen LogP contribution in [0.5, 0.6) is 0 Å². The molecule has 0 heterocycles. The largest absolute Gasteiger partial charge is 0.326 e. The summed E-state index contributed by atoms with van der Waals surface area (Å²) < 4.78 is 25.4. The summed E-state index contributed by atoms with van der Waals surface area (Å²) >= 11 is 0. The van der Waals surface area contributed by atoms with Crippen LogP contribution in [0.4, 0.5) is 5.69 Å². The highest BCUT2D eigenvalue weighted by atomic mass is 32.2. The highest BCUT2D eigenvalue weighted by Gasteiger charge is 2.18. The monoisotopic (exact) mass is 296 g/mol. The summed E-state index contributed by atoms with van der Waals surface area (Å²) in [4.78, 5) is 12.1. The number of carbonyl (C=O) groups is 1. The normalized spacial score (nSPS) is 16.2. The third-order valence-corrected chi connectivity index (χ3v) is 5.10. The molecule has 6 heteroatoms. The molecule has 0 spiro atoms. The zero-order valence-corrected chi connectivity index (χ0v) is 12.4. The van der Waals surface area contributed by atoms with Gasteiger partial charge in [0.05, 0.1) is 4.90 Å². The molecular formula is C14H20N2O3S. The molecule has 1 aromatic rings. The molecule has 0 aliphatic heterocycles. The molecule has 0 radical (unpaired) electrons. The summed E-state index contributed by atoms with van der Waals surface area (Å²) in [6.07, 6.45) is 5.25. The van der Waals surface area contributed by atoms with Gasteiger partial charge in [0.2, 0.25) is 15.9 Å². The first kappa shape index (κ1) is 15.0. The van der Waals surface area contributed by atoms with Gasteiger partial charge in [-0.1, -0.05) is 12.8 Å². The number of anilines is 1. The van der Waals surface area contributed by atoms with Crippen LogP contribution in [0, 0.1) is 5.92 Å². The lowest BCUT2D eigenvalue weighted by Crippen LogP contribution is -2.18. The Morgan fingerprint density at radius 2 is 1.80 bits per heavy atom. The van der Waals surface area contributed by atoms with Gasteiger partial charge in [0.15, 0.2) is 0 Å². The van der Waals surface area contributed by atoms with Gasteiger partial charge >= 0.3 is 0 Å². The van der Waals surface area contributed by atoms with E-state index in [0.717, 1.165) is 12.8 Å². The molecule has 1 amide bonds. The van der Waals surface area contributed by atoms with Crippen molar-refractivity contribution in [3.63, 3.8) is 0 Å². The SMILES string of the molecule is CNS(=O)(=O)c1ccc(NC(=O)CC2CCCC2)cc1. The van der Waals surface area contributed by atoms with Crippen LogP contribution in [0.1, 0.15) is 32.1 Å². The first-order chi connectivity index (χ1) is 9.51. The lowest BCUT2D eigenvalue weighted by Gasteiger charge is -2.10. The van der Waals surface area contributed by atoms with Crippen LogP contribution in [0.15, 0.2) is 29.2 Å². The van der Waals surface area contributed by atoms with Gasteiger partial charge in [-0.2, -0.15) is 0 Å². The van der Waals surface area contributed by atoms with Crippen LogP contribution >= 0.6 is 0 Å². The van der Waals surface area contributed by atoms with Gasteiger partial charge in [-0.15, -0.1) is 0 Å². The Labute approximate surface area is 119 Å². The number of sulfonamides is 1. The summed E-state index contributed by atoms with van der Waals surface area (Å²) in [5, 5.41) is 2.81. The van der Waals surface area contributed by atoms with E-state index in [4.69, 9.17) is 0 Å². The third kappa shape index (κ3) is 3.80. The van der Waals surface area contributed by atoms with Crippen molar-refractivity contribution in [2.45, 2.75) is 37.0 Å². The van der Waals surface area contributed by atoms with Gasteiger partial charge in [0, 0.05) is 12.1 Å². The van der Waals surface area contributed by atoms with E-state index in [0.29, 0.717) is 18.0 Å². The summed E-state index contributed by atoms with van der Waals surface area (Å²) in [7, 11) is -2.06. The predicted octanol–water partition coefficient (Wildman–Crippen LogP) is 2.11. The molecule has 1 aliphatic rings. The van der Waals surface area contributed by atoms with Crippen molar-refractivity contribution in [2.75, 3.05) is 12.4 Å². The van der Waals surface area contributed by atoms with E-state index in [-0.39, 0.29) is 10.8 Å². The number of benzene rings is 1. The van der Waals surface area contributed by atoms with Gasteiger partial charge in [-0.05, 0) is 50.1 Å². The lowest BCUT2D eigenvalue weighted by molar-refractivity contribution is -0.117. The number of hydrogen-bond acceptors (Lipinski definition) is 3. The molecule has 0 saturated heterocycles. The van der Waals surface area contributed by atoms with E-state index in [1.54, 1.807) is 12.1 Å². The fourth-order valence-electron chi connectivity index (χ4n) is 2.52. The first-order valence-electron chi connectivity index (χ1n) is 6.85. The van der Waals surface area contributed by atoms with Crippen molar-refractivity contribution in [2.24, 2.45) is 5.92 Å². The Hall–Kier alpha value is -1.40. The molecule has 0 aromatic heterocycles. The van der Waals surface area contributed by atoms with Gasteiger partial charge < -0.3 is 5.32 Å². The van der Waals surface area contributed by atoms with Gasteiger partial charge in [0.1, 0.15) is 0 Å². The fourth-order valence-corrected chi connectivity index (χ4v) is 3.25. The van der Waals surface area contributed by atoms with Crippen LogP contribution < -0.4 is 10.0 Å². The second-order valence-corrected chi connectivity index (χ2v) is 7.02. The summed E-state index contributed by atoms with van der Waals surface area (Å²) in [6.45, 7) is 0. The van der Waals surface area contributed by atoms with Crippen LogP contribution in [0.3, 0.4) is 0 Å². The molecule has 0 atom stereocenters. The van der Waals surface area contributed by atoms with Crippen molar-refractivity contribution in [1.82, 2.24) is 4.72 Å². The minimum absolute atomic E-state index is 0.00104. The second-order valence-electron chi connectivity index (χ2n) is 5.13. The predicted molar refractivity (Wildman–Crippen MR) is 77.9 cm³/mol. The molecule has 20 heavy (non-hydrogen) atoms. The molecule has 5 nitrogen and oxygen atoms in total. The number of hydrogen-bond donors (Lipinski definition) is 2. The van der Waals surface area contributed by atoms with Crippen LogP contribution in [-0.2, 0) is 14.8 Å². The molecule has 1 saturated carbocycles. The minimum atomic E-state index is -3.42. The Balaban J connectivity index is 1.95. The van der Waals surface area contributed by atoms with Crippen LogP contribution in [-0.4, -0.2) is 21.4 Å². The van der Waals surface area contributed by atoms with E-state index in [9.17, 15) is 13.2 Å². The molecule has 2 N–H and O–H groups in total. The molecule has 1 fully saturated rings. The molecule has 1 aromatic carbocycles. The molecule has 2 rings (SSSR count). The zero-order valence-electron chi connectivity index (χ0n) is 11.6. The topological polar surface area (TPSA) is 75.3 Å². The zero-order chi connectivity index (χ0) is 14.6. The van der Waals surface area contributed by atoms with E-state index in [1.165, 1.54) is 32.0 Å². The van der Waals surface area contributed by atoms with E-state index >= 15 is 0 Å². The smallest absolute Gasteiger partial charge is 0.240 e. The average molecular weight is 296 g/mol. The molecule has 0 unspecified atom stereocenters. The first-order valence-corrected chi connectivity index (χ1v) is 8.33. The Morgan fingerprint density at radius 1 is 1.20 bits per heavy atom. The van der Waals surface area contributed by atoms with Gasteiger partial charge in [-0.3, -0.25) is 4.79 Å². The Bertz CT molecular complexity index is 561. The van der Waals surface area contributed by atoms with Crippen molar-refractivity contribution >= 4 is 21.6 Å². The maximum Gasteiger partial charge on any atom is 0.240 e. The minimum Gasteiger partial charge on any atom is -0.326 e. The number of carbonyl (C=O) groups excluding carboxylic acids is 1. The number of amides is 1. The molecule has 0 bridgehead atoms. The van der Waals surface area contributed by atoms with E-state index in [1.807, 2.05) is 0 Å². The second kappa shape index (κ2) is 6.37. The Kier molecular flexibility index (Phi) is 4.77. The summed E-state index contributed by atoms with van der Waals surface area (Å²) in [5.74, 6) is 0.500. The maximum absolute atomic E-state index is 11.9. The van der Waals surface area contributed by atoms with Crippen molar-refractivity contribution in [3.8, 4) is 0 Å². The number of nitrogens with one attached hydrogen (secondary N) is 2. The maximum atomic E-state index is 11.9. The summed E-state index contributed by atoms with van der Waals surface area (Å²) in [5.41, 5.74) is 0.628. The summed E-state index contributed by atoms with van der Waals surface area (Å²) in [6, 6.07) is 6.18. The van der Waals surface area contributed by atoms with Crippen molar-refractivity contribution in [1.29, 1.82) is 0 Å². The lowest BCUT2D eigenvalue weighted by atomic mass is 10.0. The van der Waals surface area contributed by atoms with E-state index < -0.39 is 10.0 Å². The standard InChI is InChI=1S/C14H20N2O3S/c1-15-20(18,19)13-8-6-12(7-9-13)16-14(17)10-11-4-2-3-5-11/h6-9,11,15H,2-5,10H2,1H3,(H,16,17). The van der Waals surface area contributed by atoms with Crippen molar-refractivity contribution in [3.05, 3.63) is 24.3 Å². The molecule has 1 aliphatic carbocycles. The van der Waals surface area contributed by atoms with Gasteiger partial charge in [-0.25, -0.2) is 13.1 Å². The highest BCUT2D eigenvalue weighted by Crippen LogP contribution is 2.27. The van der Waals surface area contributed by atoms with E-state index in [2.05, 4.69) is 10.0 Å². The van der Waals surface area contributed by atoms with Crippen molar-refractivity contribution < 1.29 is 13.2 Å². The highest BCUT2D eigenvalue weighted by molar-refractivity contribution is 7.89. The molecule has 110 valence electrons. The fraction of sp³-hybridized carbons (Fsp3) is 0.500. The Morgan fingerprint density at radius 3 is 2.35 bits per heavy atom. The van der Waals surface area contributed by atoms with Crippen LogP contribution in [0.25, 0.3) is 0 Å².